The fourth-order valence-corrected chi connectivity index (χ4v) is 3.25. The minimum absolute atomic E-state index is 0.482. The molecule has 1 fully saturated rings. The molecule has 2 nitrogen and oxygen atoms in total. The van der Waals surface area contributed by atoms with Crippen molar-refractivity contribution in [2.45, 2.75) is 25.8 Å². The normalized spacial score (nSPS) is 17.5. The molecular formula is C14H17BrN2. The fraction of sp³-hybridized carbons (Fsp3) is 0.429. The summed E-state index contributed by atoms with van der Waals surface area (Å²) in [6, 6.07) is 8.55. The lowest BCUT2D eigenvalue weighted by Crippen LogP contribution is -2.15. The van der Waals surface area contributed by atoms with E-state index >= 15 is 0 Å². The van der Waals surface area contributed by atoms with Gasteiger partial charge in [-0.25, -0.2) is 0 Å². The lowest BCUT2D eigenvalue weighted by atomic mass is 10.0. The second-order valence-electron chi connectivity index (χ2n) is 5.16. The molecule has 0 unspecified atom stereocenters. The number of rotatable bonds is 4. The Balaban J connectivity index is 1.96. The molecule has 0 aliphatic heterocycles. The Morgan fingerprint density at radius 3 is 2.76 bits per heavy atom. The van der Waals surface area contributed by atoms with Gasteiger partial charge in [0, 0.05) is 28.1 Å². The van der Waals surface area contributed by atoms with Crippen LogP contribution in [0.3, 0.4) is 0 Å². The summed E-state index contributed by atoms with van der Waals surface area (Å²) in [4.78, 5) is 0. The summed E-state index contributed by atoms with van der Waals surface area (Å²) in [7, 11) is 0. The van der Waals surface area contributed by atoms with Crippen LogP contribution in [0.25, 0.3) is 10.9 Å². The van der Waals surface area contributed by atoms with Crippen LogP contribution >= 0.6 is 15.9 Å². The topological polar surface area (TPSA) is 30.9 Å². The molecule has 3 rings (SSSR count). The first kappa shape index (κ1) is 11.3. The Morgan fingerprint density at radius 1 is 1.29 bits per heavy atom. The van der Waals surface area contributed by atoms with Crippen molar-refractivity contribution in [3.05, 3.63) is 34.9 Å². The summed E-state index contributed by atoms with van der Waals surface area (Å²) in [5.41, 5.74) is 7.51. The smallest absolute Gasteiger partial charge is 0.0492 e. The quantitative estimate of drug-likeness (QED) is 0.918. The van der Waals surface area contributed by atoms with Gasteiger partial charge in [0.15, 0.2) is 0 Å². The zero-order valence-electron chi connectivity index (χ0n) is 9.82. The van der Waals surface area contributed by atoms with Crippen LogP contribution < -0.4 is 5.73 Å². The van der Waals surface area contributed by atoms with E-state index in [-0.39, 0.29) is 0 Å². The maximum atomic E-state index is 5.71. The number of hydrogen-bond acceptors (Lipinski definition) is 1. The van der Waals surface area contributed by atoms with Crippen molar-refractivity contribution in [2.75, 3.05) is 6.54 Å². The SMILES string of the molecule is NCCC1(Cn2cc(Br)c3ccccc32)CC1. The molecule has 17 heavy (non-hydrogen) atoms. The van der Waals surface area contributed by atoms with Crippen LogP contribution in [0.15, 0.2) is 34.9 Å². The maximum absolute atomic E-state index is 5.71. The molecule has 1 saturated carbocycles. The molecule has 0 spiro atoms. The van der Waals surface area contributed by atoms with Gasteiger partial charge in [-0.2, -0.15) is 0 Å². The van der Waals surface area contributed by atoms with Gasteiger partial charge in [0.1, 0.15) is 0 Å². The lowest BCUT2D eigenvalue weighted by molar-refractivity contribution is 0.404. The Kier molecular flexibility index (Phi) is 2.75. The van der Waals surface area contributed by atoms with Crippen LogP contribution in [0.4, 0.5) is 0 Å². The van der Waals surface area contributed by atoms with Crippen molar-refractivity contribution in [2.24, 2.45) is 11.1 Å². The van der Waals surface area contributed by atoms with Crippen molar-refractivity contribution in [3.63, 3.8) is 0 Å². The highest BCUT2D eigenvalue weighted by Gasteiger charge is 2.41. The van der Waals surface area contributed by atoms with Crippen molar-refractivity contribution in [1.82, 2.24) is 4.57 Å². The minimum atomic E-state index is 0.482. The molecule has 0 amide bonds. The number of fused-ring (bicyclic) bond motifs is 1. The molecule has 0 radical (unpaired) electrons. The summed E-state index contributed by atoms with van der Waals surface area (Å²) in [6.45, 7) is 1.91. The Hall–Kier alpha value is -0.800. The van der Waals surface area contributed by atoms with Gasteiger partial charge < -0.3 is 10.3 Å². The Morgan fingerprint density at radius 2 is 2.06 bits per heavy atom. The standard InChI is InChI=1S/C14H17BrN2/c15-12-9-17(10-14(5-6-14)7-8-16)13-4-2-1-3-11(12)13/h1-4,9H,5-8,10,16H2. The molecule has 0 saturated heterocycles. The highest BCUT2D eigenvalue weighted by molar-refractivity contribution is 9.10. The Bertz CT molecular complexity index is 540. The minimum Gasteiger partial charge on any atom is -0.346 e. The lowest BCUT2D eigenvalue weighted by Gasteiger charge is -2.15. The number of nitrogens with zero attached hydrogens (tertiary/aromatic N) is 1. The van der Waals surface area contributed by atoms with Crippen LogP contribution in [0, 0.1) is 5.41 Å². The monoisotopic (exact) mass is 292 g/mol. The molecule has 0 bridgehead atoms. The second-order valence-corrected chi connectivity index (χ2v) is 6.02. The van der Waals surface area contributed by atoms with Crippen LogP contribution in [0.2, 0.25) is 0 Å². The predicted molar refractivity (Wildman–Crippen MR) is 75.0 cm³/mol. The summed E-state index contributed by atoms with van der Waals surface area (Å²) < 4.78 is 3.57. The molecule has 1 aliphatic rings. The number of hydrogen-bond donors (Lipinski definition) is 1. The van der Waals surface area contributed by atoms with Crippen molar-refractivity contribution < 1.29 is 0 Å². The van der Waals surface area contributed by atoms with Gasteiger partial charge in [-0.3, -0.25) is 0 Å². The first-order chi connectivity index (χ1) is 8.24. The summed E-state index contributed by atoms with van der Waals surface area (Å²) >= 11 is 3.64. The highest BCUT2D eigenvalue weighted by atomic mass is 79.9. The van der Waals surface area contributed by atoms with E-state index in [0.29, 0.717) is 5.41 Å². The van der Waals surface area contributed by atoms with E-state index in [9.17, 15) is 0 Å². The third-order valence-electron chi connectivity index (χ3n) is 3.88. The molecular weight excluding hydrogens is 276 g/mol. The highest BCUT2D eigenvalue weighted by Crippen LogP contribution is 2.50. The van der Waals surface area contributed by atoms with E-state index in [4.69, 9.17) is 5.73 Å². The third kappa shape index (κ3) is 2.02. The summed E-state index contributed by atoms with van der Waals surface area (Å²) in [5.74, 6) is 0. The van der Waals surface area contributed by atoms with Gasteiger partial charge in [-0.1, -0.05) is 18.2 Å². The van der Waals surface area contributed by atoms with E-state index in [0.717, 1.165) is 19.5 Å². The summed E-state index contributed by atoms with van der Waals surface area (Å²) in [5, 5.41) is 1.30. The van der Waals surface area contributed by atoms with E-state index in [1.165, 1.54) is 28.2 Å². The zero-order chi connectivity index (χ0) is 11.9. The van der Waals surface area contributed by atoms with Gasteiger partial charge in [-0.15, -0.1) is 0 Å². The molecule has 1 aliphatic carbocycles. The zero-order valence-corrected chi connectivity index (χ0v) is 11.4. The summed E-state index contributed by atoms with van der Waals surface area (Å²) in [6.07, 6.45) is 6.01. The van der Waals surface area contributed by atoms with Crippen molar-refractivity contribution in [3.8, 4) is 0 Å². The van der Waals surface area contributed by atoms with Gasteiger partial charge in [0.25, 0.3) is 0 Å². The van der Waals surface area contributed by atoms with Crippen molar-refractivity contribution in [1.29, 1.82) is 0 Å². The van der Waals surface area contributed by atoms with Crippen molar-refractivity contribution >= 4 is 26.8 Å². The van der Waals surface area contributed by atoms with Gasteiger partial charge >= 0.3 is 0 Å². The van der Waals surface area contributed by atoms with Crippen LogP contribution in [-0.4, -0.2) is 11.1 Å². The van der Waals surface area contributed by atoms with E-state index < -0.39 is 0 Å². The Labute approximate surface area is 110 Å². The average Bonchev–Trinajstić information content (AvgIpc) is 3.01. The van der Waals surface area contributed by atoms with Gasteiger partial charge in [0.05, 0.1) is 0 Å². The predicted octanol–water partition coefficient (Wildman–Crippen LogP) is 3.53. The molecule has 0 atom stereocenters. The van der Waals surface area contributed by atoms with Crippen LogP contribution in [0.5, 0.6) is 0 Å². The molecule has 2 aromatic rings. The second kappa shape index (κ2) is 4.14. The van der Waals surface area contributed by atoms with E-state index in [1.54, 1.807) is 0 Å². The average molecular weight is 293 g/mol. The molecule has 1 aromatic heterocycles. The number of halogens is 1. The molecule has 2 N–H and O–H groups in total. The van der Waals surface area contributed by atoms with Gasteiger partial charge in [0.2, 0.25) is 0 Å². The molecule has 3 heteroatoms. The van der Waals surface area contributed by atoms with Crippen LogP contribution in [-0.2, 0) is 6.54 Å². The van der Waals surface area contributed by atoms with E-state index in [2.05, 4.69) is 51.0 Å². The first-order valence-electron chi connectivity index (χ1n) is 6.18. The van der Waals surface area contributed by atoms with Crippen LogP contribution in [0.1, 0.15) is 19.3 Å². The molecule has 1 heterocycles. The number of aromatic nitrogens is 1. The first-order valence-corrected chi connectivity index (χ1v) is 6.97. The van der Waals surface area contributed by atoms with E-state index in [1.807, 2.05) is 0 Å². The maximum Gasteiger partial charge on any atom is 0.0492 e. The number of benzene rings is 1. The fourth-order valence-electron chi connectivity index (χ4n) is 2.66. The largest absolute Gasteiger partial charge is 0.346 e. The number of nitrogens with two attached hydrogens (primary N) is 1. The molecule has 1 aromatic carbocycles. The number of para-hydroxylation sites is 1. The van der Waals surface area contributed by atoms with Gasteiger partial charge in [-0.05, 0) is 53.2 Å². The third-order valence-corrected chi connectivity index (χ3v) is 4.51. The molecule has 90 valence electrons.